The molecule has 1 aliphatic heterocycles. The second kappa shape index (κ2) is 5.75. The molecular formula is C11H17N3O6. The third-order valence-electron chi connectivity index (χ3n) is 3.09. The van der Waals surface area contributed by atoms with E-state index in [0.29, 0.717) is 0 Å². The number of imidazole rings is 1. The Balaban J connectivity index is 2.24. The normalized spacial score (nSPS) is 29.6. The number of carbonyl (C=O) groups is 1. The van der Waals surface area contributed by atoms with Crippen LogP contribution in [-0.2, 0) is 9.47 Å². The van der Waals surface area contributed by atoms with Crippen molar-refractivity contribution in [1.82, 2.24) is 9.55 Å². The number of hydrogen-bond donors (Lipinski definition) is 4. The second-order valence-corrected chi connectivity index (χ2v) is 4.34. The van der Waals surface area contributed by atoms with Crippen LogP contribution in [0.3, 0.4) is 0 Å². The lowest BCUT2D eigenvalue weighted by Crippen LogP contribution is -2.33. The summed E-state index contributed by atoms with van der Waals surface area (Å²) >= 11 is 0. The largest absolute Gasteiger partial charge is 0.461 e. The Morgan fingerprint density at radius 3 is 2.80 bits per heavy atom. The molecule has 1 saturated heterocycles. The number of ether oxygens (including phenoxy) is 2. The van der Waals surface area contributed by atoms with Crippen molar-refractivity contribution in [2.24, 2.45) is 0 Å². The van der Waals surface area contributed by atoms with E-state index < -0.39 is 37.1 Å². The summed E-state index contributed by atoms with van der Waals surface area (Å²) < 4.78 is 11.3. The fourth-order valence-electron chi connectivity index (χ4n) is 2.04. The number of nitrogen functional groups attached to an aromatic ring is 1. The lowest BCUT2D eigenvalue weighted by atomic mass is 10.1. The van der Waals surface area contributed by atoms with Gasteiger partial charge in [-0.2, -0.15) is 0 Å². The SMILES string of the molecule is CCOC(=O)c1ncn([C@@H]2O[C@H](CO)[C@@H](O)[C@@H]2O)c1N. The first kappa shape index (κ1) is 14.7. The summed E-state index contributed by atoms with van der Waals surface area (Å²) in [5.41, 5.74) is 5.68. The van der Waals surface area contributed by atoms with E-state index in [2.05, 4.69) is 4.98 Å². The second-order valence-electron chi connectivity index (χ2n) is 4.34. The van der Waals surface area contributed by atoms with E-state index in [0.717, 1.165) is 0 Å². The van der Waals surface area contributed by atoms with Crippen molar-refractivity contribution < 1.29 is 29.6 Å². The minimum Gasteiger partial charge on any atom is -0.461 e. The zero-order valence-electron chi connectivity index (χ0n) is 10.8. The Morgan fingerprint density at radius 1 is 1.55 bits per heavy atom. The van der Waals surface area contributed by atoms with E-state index in [-0.39, 0.29) is 18.1 Å². The molecule has 0 aliphatic carbocycles. The number of nitrogens with zero attached hydrogens (tertiary/aromatic N) is 2. The fraction of sp³-hybridized carbons (Fsp3) is 0.636. The number of aromatic nitrogens is 2. The first-order valence-corrected chi connectivity index (χ1v) is 6.13. The molecule has 5 N–H and O–H groups in total. The van der Waals surface area contributed by atoms with E-state index in [1.807, 2.05) is 0 Å². The number of nitrogens with two attached hydrogens (primary N) is 1. The zero-order valence-corrected chi connectivity index (χ0v) is 10.8. The third kappa shape index (κ3) is 2.36. The van der Waals surface area contributed by atoms with Crippen molar-refractivity contribution in [3.8, 4) is 0 Å². The molecule has 9 nitrogen and oxygen atoms in total. The van der Waals surface area contributed by atoms with Crippen molar-refractivity contribution >= 4 is 11.8 Å². The van der Waals surface area contributed by atoms with Crippen LogP contribution in [0.1, 0.15) is 23.6 Å². The number of hydrogen-bond acceptors (Lipinski definition) is 8. The molecular weight excluding hydrogens is 270 g/mol. The van der Waals surface area contributed by atoms with Crippen molar-refractivity contribution in [2.45, 2.75) is 31.5 Å². The molecule has 9 heteroatoms. The lowest BCUT2D eigenvalue weighted by molar-refractivity contribution is -0.0518. The minimum atomic E-state index is -1.29. The molecule has 0 saturated carbocycles. The maximum absolute atomic E-state index is 11.6. The van der Waals surface area contributed by atoms with Gasteiger partial charge in [-0.15, -0.1) is 0 Å². The van der Waals surface area contributed by atoms with Crippen molar-refractivity contribution in [3.05, 3.63) is 12.0 Å². The molecule has 20 heavy (non-hydrogen) atoms. The molecule has 0 amide bonds. The van der Waals surface area contributed by atoms with Crippen LogP contribution in [0.2, 0.25) is 0 Å². The van der Waals surface area contributed by atoms with Gasteiger partial charge in [-0.25, -0.2) is 9.78 Å². The van der Waals surface area contributed by atoms with Crippen LogP contribution in [0.25, 0.3) is 0 Å². The highest BCUT2D eigenvalue weighted by Gasteiger charge is 2.44. The molecule has 2 heterocycles. The number of carbonyl (C=O) groups excluding carboxylic acids is 1. The van der Waals surface area contributed by atoms with Gasteiger partial charge in [0.1, 0.15) is 24.1 Å². The van der Waals surface area contributed by atoms with Crippen LogP contribution in [0.5, 0.6) is 0 Å². The van der Waals surface area contributed by atoms with Gasteiger partial charge in [0.2, 0.25) is 0 Å². The lowest BCUT2D eigenvalue weighted by Gasteiger charge is -2.17. The Hall–Kier alpha value is -1.68. The Kier molecular flexibility index (Phi) is 4.23. The van der Waals surface area contributed by atoms with E-state index in [1.165, 1.54) is 10.9 Å². The maximum atomic E-state index is 11.6. The molecule has 112 valence electrons. The van der Waals surface area contributed by atoms with Gasteiger partial charge in [0.15, 0.2) is 11.9 Å². The molecule has 1 fully saturated rings. The summed E-state index contributed by atoms with van der Waals surface area (Å²) in [6.07, 6.45) is -3.29. The third-order valence-corrected chi connectivity index (χ3v) is 3.09. The first-order valence-electron chi connectivity index (χ1n) is 6.13. The van der Waals surface area contributed by atoms with Crippen LogP contribution >= 0.6 is 0 Å². The summed E-state index contributed by atoms with van der Waals surface area (Å²) in [6, 6.07) is 0. The number of esters is 1. The van der Waals surface area contributed by atoms with Gasteiger partial charge in [-0.1, -0.05) is 0 Å². The molecule has 0 unspecified atom stereocenters. The first-order chi connectivity index (χ1) is 9.51. The standard InChI is InChI=1S/C11H17N3O6/c1-2-19-11(18)6-9(12)14(4-13-6)10-8(17)7(16)5(3-15)20-10/h4-5,7-8,10,15-17H,2-3,12H2,1H3/t5-,7-,8+,10-/m1/s1. The van der Waals surface area contributed by atoms with Crippen LogP contribution in [0, 0.1) is 0 Å². The average molecular weight is 287 g/mol. The van der Waals surface area contributed by atoms with Gasteiger partial charge in [0.05, 0.1) is 19.5 Å². The zero-order chi connectivity index (χ0) is 14.9. The monoisotopic (exact) mass is 287 g/mol. The summed E-state index contributed by atoms with van der Waals surface area (Å²) in [5.74, 6) is -0.728. The molecule has 2 rings (SSSR count). The molecule has 0 bridgehead atoms. The van der Waals surface area contributed by atoms with Gasteiger partial charge in [0.25, 0.3) is 0 Å². The molecule has 1 aromatic rings. The summed E-state index contributed by atoms with van der Waals surface area (Å²) in [5, 5.41) is 28.6. The Morgan fingerprint density at radius 2 is 2.25 bits per heavy atom. The summed E-state index contributed by atoms with van der Waals surface area (Å²) in [6.45, 7) is 1.38. The highest BCUT2D eigenvalue weighted by atomic mass is 16.6. The van der Waals surface area contributed by atoms with Gasteiger partial charge < -0.3 is 30.5 Å². The highest BCUT2D eigenvalue weighted by molar-refractivity contribution is 5.92. The predicted molar refractivity (Wildman–Crippen MR) is 65.6 cm³/mol. The fourth-order valence-corrected chi connectivity index (χ4v) is 2.04. The van der Waals surface area contributed by atoms with E-state index in [9.17, 15) is 15.0 Å². The van der Waals surface area contributed by atoms with Gasteiger partial charge in [-0.3, -0.25) is 4.57 Å². The molecule has 0 spiro atoms. The maximum Gasteiger partial charge on any atom is 0.360 e. The summed E-state index contributed by atoms with van der Waals surface area (Å²) in [4.78, 5) is 15.4. The molecule has 1 aromatic heterocycles. The molecule has 0 radical (unpaired) electrons. The van der Waals surface area contributed by atoms with Crippen molar-refractivity contribution in [3.63, 3.8) is 0 Å². The van der Waals surface area contributed by atoms with E-state index in [1.54, 1.807) is 6.92 Å². The highest BCUT2D eigenvalue weighted by Crippen LogP contribution is 2.31. The minimum absolute atomic E-state index is 0.0433. The van der Waals surface area contributed by atoms with Gasteiger partial charge in [0, 0.05) is 0 Å². The van der Waals surface area contributed by atoms with Crippen LogP contribution in [0.15, 0.2) is 6.33 Å². The number of anilines is 1. The van der Waals surface area contributed by atoms with Crippen molar-refractivity contribution in [2.75, 3.05) is 18.9 Å². The van der Waals surface area contributed by atoms with Gasteiger partial charge in [-0.05, 0) is 6.92 Å². The molecule has 4 atom stereocenters. The Bertz CT molecular complexity index is 491. The number of aliphatic hydroxyl groups is 3. The van der Waals surface area contributed by atoms with E-state index >= 15 is 0 Å². The molecule has 1 aliphatic rings. The topological polar surface area (TPSA) is 140 Å². The number of aliphatic hydroxyl groups excluding tert-OH is 3. The van der Waals surface area contributed by atoms with Crippen LogP contribution in [0.4, 0.5) is 5.82 Å². The van der Waals surface area contributed by atoms with Crippen LogP contribution in [-0.4, -0.2) is 62.4 Å². The van der Waals surface area contributed by atoms with Crippen LogP contribution < -0.4 is 5.73 Å². The number of rotatable bonds is 4. The average Bonchev–Trinajstić information content (AvgIpc) is 2.93. The summed E-state index contributed by atoms with van der Waals surface area (Å²) in [7, 11) is 0. The van der Waals surface area contributed by atoms with E-state index in [4.69, 9.17) is 20.3 Å². The van der Waals surface area contributed by atoms with Gasteiger partial charge >= 0.3 is 5.97 Å². The van der Waals surface area contributed by atoms with Crippen molar-refractivity contribution in [1.29, 1.82) is 0 Å². The smallest absolute Gasteiger partial charge is 0.360 e. The Labute approximate surface area is 114 Å². The molecule has 0 aromatic carbocycles. The predicted octanol–water partition coefficient (Wildman–Crippen LogP) is -1.75. The quantitative estimate of drug-likeness (QED) is 0.478.